The average Bonchev–Trinajstić information content (AvgIpc) is 3.31. The van der Waals surface area contributed by atoms with Crippen molar-refractivity contribution in [1.82, 2.24) is 10.6 Å². The summed E-state index contributed by atoms with van der Waals surface area (Å²) in [5.41, 5.74) is -0.860. The molecule has 3 N–H and O–H groups in total. The lowest BCUT2D eigenvalue weighted by atomic mass is 9.62. The van der Waals surface area contributed by atoms with E-state index in [2.05, 4.69) is 31.4 Å². The van der Waals surface area contributed by atoms with Crippen molar-refractivity contribution in [2.24, 2.45) is 5.41 Å². The predicted octanol–water partition coefficient (Wildman–Crippen LogP) is 5.27. The van der Waals surface area contributed by atoms with Gasteiger partial charge in [-0.25, -0.2) is 4.39 Å². The molecule has 0 bridgehead atoms. The van der Waals surface area contributed by atoms with Gasteiger partial charge in [-0.3, -0.25) is 9.59 Å². The summed E-state index contributed by atoms with van der Waals surface area (Å²) in [5.74, 6) is -2.14. The minimum absolute atomic E-state index is 0.0833. The van der Waals surface area contributed by atoms with E-state index in [1.807, 2.05) is 0 Å². The zero-order valence-corrected chi connectivity index (χ0v) is 23.2. The Morgan fingerprint density at radius 1 is 1.18 bits per heavy atom. The van der Waals surface area contributed by atoms with Crippen molar-refractivity contribution in [3.63, 3.8) is 0 Å². The summed E-state index contributed by atoms with van der Waals surface area (Å²) in [6, 6.07) is 8.11. The van der Waals surface area contributed by atoms with E-state index in [0.717, 1.165) is 0 Å². The number of rotatable bonds is 4. The number of fused-ring (bicyclic) bond motifs is 2. The van der Waals surface area contributed by atoms with E-state index in [4.69, 9.17) is 27.9 Å². The van der Waals surface area contributed by atoms with Gasteiger partial charge in [0.15, 0.2) is 0 Å². The van der Waals surface area contributed by atoms with Gasteiger partial charge in [0.05, 0.1) is 17.2 Å². The number of carbonyl (C=O) groups is 2. The van der Waals surface area contributed by atoms with Gasteiger partial charge < -0.3 is 20.5 Å². The Morgan fingerprint density at radius 2 is 1.89 bits per heavy atom. The zero-order valence-electron chi connectivity index (χ0n) is 21.7. The molecule has 1 aliphatic carbocycles. The van der Waals surface area contributed by atoms with E-state index in [-0.39, 0.29) is 34.1 Å². The van der Waals surface area contributed by atoms with Crippen molar-refractivity contribution in [2.75, 3.05) is 0 Å². The molecule has 9 heteroatoms. The lowest BCUT2D eigenvalue weighted by Crippen LogP contribution is -2.49. The summed E-state index contributed by atoms with van der Waals surface area (Å²) in [6.07, 6.45) is 2.66. The SMILES string of the molecule is CC(C)(C)C[C@H]1N[C@@H](C(=O)NC2CCC(O)CC2)[C@H](c2cccc(Cl)c2F)[C@@]12C(=O)Oc1cc(Cl)ccc12. The fraction of sp³-hybridized carbons (Fsp3) is 0.517. The molecule has 204 valence electrons. The molecule has 3 aliphatic rings. The first-order valence-corrected chi connectivity index (χ1v) is 13.9. The Balaban J connectivity index is 1.67. The first-order chi connectivity index (χ1) is 17.9. The van der Waals surface area contributed by atoms with E-state index < -0.39 is 35.2 Å². The van der Waals surface area contributed by atoms with E-state index in [9.17, 15) is 14.7 Å². The molecular formula is C29H33Cl2FN2O4. The molecule has 1 saturated heterocycles. The Kier molecular flexibility index (Phi) is 7.27. The van der Waals surface area contributed by atoms with Crippen molar-refractivity contribution in [2.45, 2.75) is 88.4 Å². The van der Waals surface area contributed by atoms with Crippen molar-refractivity contribution in [3.8, 4) is 5.75 Å². The van der Waals surface area contributed by atoms with Crippen LogP contribution < -0.4 is 15.4 Å². The Hall–Kier alpha value is -2.19. The third-order valence-corrected chi connectivity index (χ3v) is 8.67. The van der Waals surface area contributed by atoms with E-state index in [1.165, 1.54) is 6.07 Å². The maximum atomic E-state index is 15.8. The number of nitrogens with one attached hydrogen (secondary N) is 2. The first-order valence-electron chi connectivity index (χ1n) is 13.1. The summed E-state index contributed by atoms with van der Waals surface area (Å²) in [6.45, 7) is 6.17. The highest BCUT2D eigenvalue weighted by Gasteiger charge is 2.67. The van der Waals surface area contributed by atoms with Gasteiger partial charge in [-0.2, -0.15) is 0 Å². The molecule has 0 aromatic heterocycles. The van der Waals surface area contributed by atoms with Crippen LogP contribution in [0, 0.1) is 11.2 Å². The molecule has 1 spiro atoms. The number of amides is 1. The fourth-order valence-corrected chi connectivity index (χ4v) is 6.87. The standard InChI is InChI=1S/C29H33Cl2FN2O4/c1-28(2,3)14-22-29(19-12-7-15(30)13-21(19)38-27(29)37)23(18-5-4-6-20(31)24(18)32)25(34-22)26(36)33-16-8-10-17(35)11-9-16/h4-7,12-13,16-17,22-23,25,34-35H,8-11,14H2,1-3H3,(H,33,36)/t16?,17?,22-,23+,25-,29+/m1/s1. The molecule has 0 radical (unpaired) electrons. The predicted molar refractivity (Wildman–Crippen MR) is 144 cm³/mol. The summed E-state index contributed by atoms with van der Waals surface area (Å²) in [7, 11) is 0. The molecule has 5 rings (SSSR count). The van der Waals surface area contributed by atoms with Crippen LogP contribution >= 0.6 is 23.2 Å². The van der Waals surface area contributed by atoms with E-state index in [0.29, 0.717) is 48.4 Å². The number of benzene rings is 2. The largest absolute Gasteiger partial charge is 0.425 e. The summed E-state index contributed by atoms with van der Waals surface area (Å²) in [4.78, 5) is 28.0. The smallest absolute Gasteiger partial charge is 0.324 e. The molecule has 1 saturated carbocycles. The minimum Gasteiger partial charge on any atom is -0.425 e. The maximum Gasteiger partial charge on any atom is 0.324 e. The number of aliphatic hydroxyl groups is 1. The molecule has 2 aliphatic heterocycles. The molecule has 2 aromatic carbocycles. The van der Waals surface area contributed by atoms with Crippen LogP contribution in [0.15, 0.2) is 36.4 Å². The van der Waals surface area contributed by atoms with Crippen LogP contribution in [0.4, 0.5) is 4.39 Å². The van der Waals surface area contributed by atoms with Gasteiger partial charge >= 0.3 is 5.97 Å². The number of esters is 1. The quantitative estimate of drug-likeness (QED) is 0.349. The molecule has 1 amide bonds. The van der Waals surface area contributed by atoms with Crippen molar-refractivity contribution >= 4 is 35.1 Å². The lowest BCUT2D eigenvalue weighted by molar-refractivity contribution is -0.139. The molecule has 2 fully saturated rings. The van der Waals surface area contributed by atoms with Crippen molar-refractivity contribution in [1.29, 1.82) is 0 Å². The number of aliphatic hydroxyl groups excluding tert-OH is 1. The molecule has 0 unspecified atom stereocenters. The van der Waals surface area contributed by atoms with Gasteiger partial charge in [-0.15, -0.1) is 0 Å². The zero-order chi connectivity index (χ0) is 27.4. The molecule has 2 aromatic rings. The monoisotopic (exact) mass is 562 g/mol. The minimum atomic E-state index is -1.39. The Morgan fingerprint density at radius 3 is 2.58 bits per heavy atom. The summed E-state index contributed by atoms with van der Waals surface area (Å²) >= 11 is 12.5. The van der Waals surface area contributed by atoms with Gasteiger partial charge in [0.25, 0.3) is 0 Å². The number of halogens is 3. The fourth-order valence-electron chi connectivity index (χ4n) is 6.52. The highest BCUT2D eigenvalue weighted by Crippen LogP contribution is 2.58. The number of ether oxygens (including phenoxy) is 1. The Labute approximate surface area is 232 Å². The lowest BCUT2D eigenvalue weighted by Gasteiger charge is -2.36. The molecular weight excluding hydrogens is 530 g/mol. The van der Waals surface area contributed by atoms with Gasteiger partial charge in [0.2, 0.25) is 5.91 Å². The van der Waals surface area contributed by atoms with Crippen molar-refractivity contribution in [3.05, 3.63) is 63.4 Å². The molecule has 2 heterocycles. The molecule has 6 nitrogen and oxygen atoms in total. The summed E-state index contributed by atoms with van der Waals surface area (Å²) in [5, 5.41) is 16.8. The number of carbonyl (C=O) groups excluding carboxylic acids is 2. The van der Waals surface area contributed by atoms with Crippen LogP contribution in [0.5, 0.6) is 5.75 Å². The van der Waals surface area contributed by atoms with Crippen LogP contribution in [0.25, 0.3) is 0 Å². The normalized spacial score (nSPS) is 30.8. The second kappa shape index (κ2) is 10.1. The number of hydrogen-bond donors (Lipinski definition) is 3. The van der Waals surface area contributed by atoms with E-state index >= 15 is 4.39 Å². The second-order valence-corrected chi connectivity index (χ2v) is 12.8. The van der Waals surface area contributed by atoms with Gasteiger partial charge in [-0.05, 0) is 61.3 Å². The van der Waals surface area contributed by atoms with Crippen LogP contribution in [0.3, 0.4) is 0 Å². The topological polar surface area (TPSA) is 87.7 Å². The third-order valence-electron chi connectivity index (χ3n) is 8.14. The highest BCUT2D eigenvalue weighted by molar-refractivity contribution is 6.31. The van der Waals surface area contributed by atoms with Gasteiger partial charge in [0, 0.05) is 28.6 Å². The van der Waals surface area contributed by atoms with Gasteiger partial charge in [0.1, 0.15) is 17.0 Å². The van der Waals surface area contributed by atoms with Crippen LogP contribution in [-0.4, -0.2) is 41.2 Å². The summed E-state index contributed by atoms with van der Waals surface area (Å²) < 4.78 is 21.6. The third kappa shape index (κ3) is 4.72. The second-order valence-electron chi connectivity index (χ2n) is 12.0. The molecule has 38 heavy (non-hydrogen) atoms. The van der Waals surface area contributed by atoms with Gasteiger partial charge in [-0.1, -0.05) is 62.2 Å². The maximum absolute atomic E-state index is 15.8. The Bertz CT molecular complexity index is 1260. The van der Waals surface area contributed by atoms with Crippen LogP contribution in [-0.2, 0) is 15.0 Å². The molecule has 4 atom stereocenters. The highest BCUT2D eigenvalue weighted by atomic mass is 35.5. The number of hydrogen-bond acceptors (Lipinski definition) is 5. The van der Waals surface area contributed by atoms with Crippen molar-refractivity contribution < 1.29 is 23.8 Å². The van der Waals surface area contributed by atoms with Crippen LogP contribution in [0.1, 0.15) is 69.9 Å². The van der Waals surface area contributed by atoms with E-state index in [1.54, 1.807) is 30.3 Å². The van der Waals surface area contributed by atoms with Crippen LogP contribution in [0.2, 0.25) is 10.0 Å². The first kappa shape index (κ1) is 27.4. The average molecular weight is 563 g/mol.